The number of nitrogens with zero attached hydrogens (tertiary/aromatic N) is 3. The fourth-order valence-electron chi connectivity index (χ4n) is 3.02. The van der Waals surface area contributed by atoms with Crippen LogP contribution < -0.4 is 4.90 Å². The molecule has 1 fully saturated rings. The van der Waals surface area contributed by atoms with Crippen LogP contribution in [-0.2, 0) is 0 Å². The summed E-state index contributed by atoms with van der Waals surface area (Å²) in [6, 6.07) is 15.5. The minimum absolute atomic E-state index is 0.262. The number of anilines is 1. The molecule has 1 saturated heterocycles. The Hall–Kier alpha value is -2.93. The fraction of sp³-hybridized carbons (Fsp3) is 0.211. The lowest BCUT2D eigenvalue weighted by atomic mass is 9.79. The van der Waals surface area contributed by atoms with Gasteiger partial charge in [-0.2, -0.15) is 5.26 Å². The molecule has 0 bridgehead atoms. The molecule has 23 heavy (non-hydrogen) atoms. The highest BCUT2D eigenvalue weighted by Crippen LogP contribution is 2.43. The maximum Gasteiger partial charge on any atom is 0.207 e. The van der Waals surface area contributed by atoms with Gasteiger partial charge in [0.25, 0.3) is 0 Å². The molecule has 1 atom stereocenters. The molecule has 0 N–H and O–H groups in total. The smallest absolute Gasteiger partial charge is 0.207 e. The summed E-state index contributed by atoms with van der Waals surface area (Å²) >= 11 is 0. The van der Waals surface area contributed by atoms with Crippen LogP contribution in [0.4, 0.5) is 5.69 Å². The molecule has 3 rings (SSSR count). The molecule has 0 amide bonds. The van der Waals surface area contributed by atoms with Crippen molar-refractivity contribution in [2.24, 2.45) is 5.41 Å². The minimum atomic E-state index is -1.24. The standard InChI is InChI=1S/C19H17N3O/c1-14-7-6-11-21-17(14)18(23)19(13-20)10-12-22(15(19)2)16-8-4-3-5-9-16/h3-9,11H,2,10,12H2,1H3. The highest BCUT2D eigenvalue weighted by molar-refractivity contribution is 6.05. The first-order valence-corrected chi connectivity index (χ1v) is 7.50. The van der Waals surface area contributed by atoms with E-state index >= 15 is 0 Å². The Balaban J connectivity index is 2.00. The predicted molar refractivity (Wildman–Crippen MR) is 88.9 cm³/mol. The molecular weight excluding hydrogens is 286 g/mol. The number of pyridine rings is 1. The molecule has 2 heterocycles. The topological polar surface area (TPSA) is 57.0 Å². The third-order valence-electron chi connectivity index (χ3n) is 4.40. The zero-order valence-electron chi connectivity index (χ0n) is 13.0. The van der Waals surface area contributed by atoms with Gasteiger partial charge in [0, 0.05) is 24.1 Å². The second-order valence-electron chi connectivity index (χ2n) is 5.70. The monoisotopic (exact) mass is 303 g/mol. The van der Waals surface area contributed by atoms with Gasteiger partial charge in [-0.1, -0.05) is 30.8 Å². The van der Waals surface area contributed by atoms with Crippen molar-refractivity contribution in [3.05, 3.63) is 72.2 Å². The molecule has 114 valence electrons. The molecule has 1 unspecified atom stereocenters. The first-order valence-electron chi connectivity index (χ1n) is 7.50. The molecule has 4 nitrogen and oxygen atoms in total. The van der Waals surface area contributed by atoms with Gasteiger partial charge in [-0.3, -0.25) is 9.78 Å². The van der Waals surface area contributed by atoms with Crippen LogP contribution in [0.1, 0.15) is 22.5 Å². The second kappa shape index (κ2) is 5.69. The maximum absolute atomic E-state index is 13.0. The number of nitriles is 1. The number of hydrogen-bond acceptors (Lipinski definition) is 4. The quantitative estimate of drug-likeness (QED) is 0.814. The van der Waals surface area contributed by atoms with Crippen molar-refractivity contribution in [3.8, 4) is 6.07 Å². The van der Waals surface area contributed by atoms with E-state index < -0.39 is 5.41 Å². The zero-order valence-corrected chi connectivity index (χ0v) is 13.0. The van der Waals surface area contributed by atoms with Gasteiger partial charge < -0.3 is 4.90 Å². The van der Waals surface area contributed by atoms with Crippen molar-refractivity contribution in [1.82, 2.24) is 4.98 Å². The summed E-state index contributed by atoms with van der Waals surface area (Å²) < 4.78 is 0. The predicted octanol–water partition coefficient (Wildman–Crippen LogP) is 3.51. The van der Waals surface area contributed by atoms with E-state index in [9.17, 15) is 10.1 Å². The van der Waals surface area contributed by atoms with Gasteiger partial charge >= 0.3 is 0 Å². The van der Waals surface area contributed by atoms with Crippen molar-refractivity contribution < 1.29 is 4.79 Å². The molecule has 0 spiro atoms. The Morgan fingerprint density at radius 1 is 1.30 bits per heavy atom. The summed E-state index contributed by atoms with van der Waals surface area (Å²) in [5, 5.41) is 9.79. The molecule has 1 aliphatic rings. The van der Waals surface area contributed by atoms with Crippen LogP contribution in [-0.4, -0.2) is 17.3 Å². The molecule has 4 heteroatoms. The lowest BCUT2D eigenvalue weighted by Crippen LogP contribution is -2.32. The SMILES string of the molecule is C=C1N(c2ccccc2)CCC1(C#N)C(=O)c1ncccc1C. The van der Waals surface area contributed by atoms with Crippen LogP contribution >= 0.6 is 0 Å². The maximum atomic E-state index is 13.0. The van der Waals surface area contributed by atoms with Gasteiger partial charge in [0.2, 0.25) is 5.78 Å². The van der Waals surface area contributed by atoms with Crippen molar-refractivity contribution in [3.63, 3.8) is 0 Å². The van der Waals surface area contributed by atoms with Crippen molar-refractivity contribution in [2.75, 3.05) is 11.4 Å². The summed E-state index contributed by atoms with van der Waals surface area (Å²) in [4.78, 5) is 19.2. The van der Waals surface area contributed by atoms with E-state index in [1.807, 2.05) is 48.2 Å². The van der Waals surface area contributed by atoms with Gasteiger partial charge in [0.15, 0.2) is 5.41 Å². The minimum Gasteiger partial charge on any atom is -0.344 e. The van der Waals surface area contributed by atoms with Crippen molar-refractivity contribution >= 4 is 11.5 Å². The molecule has 2 aromatic rings. The lowest BCUT2D eigenvalue weighted by molar-refractivity contribution is 0.0891. The Morgan fingerprint density at radius 3 is 2.70 bits per heavy atom. The van der Waals surface area contributed by atoms with Gasteiger partial charge in [-0.15, -0.1) is 0 Å². The number of aryl methyl sites for hydroxylation is 1. The number of benzene rings is 1. The van der Waals surface area contributed by atoms with Gasteiger partial charge in [-0.25, -0.2) is 0 Å². The highest BCUT2D eigenvalue weighted by Gasteiger charge is 2.49. The average Bonchev–Trinajstić information content (AvgIpc) is 2.93. The van der Waals surface area contributed by atoms with Crippen LogP contribution in [0.25, 0.3) is 0 Å². The van der Waals surface area contributed by atoms with Crippen LogP contribution in [0.5, 0.6) is 0 Å². The molecule has 1 aromatic heterocycles. The summed E-state index contributed by atoms with van der Waals surface area (Å²) in [5.74, 6) is -0.262. The Morgan fingerprint density at radius 2 is 2.04 bits per heavy atom. The van der Waals surface area contributed by atoms with E-state index in [0.717, 1.165) is 11.3 Å². The Labute approximate surface area is 135 Å². The van der Waals surface area contributed by atoms with E-state index in [-0.39, 0.29) is 5.78 Å². The van der Waals surface area contributed by atoms with E-state index in [1.165, 1.54) is 0 Å². The van der Waals surface area contributed by atoms with Crippen LogP contribution in [0.15, 0.2) is 60.9 Å². The number of rotatable bonds is 3. The number of ketones is 1. The first-order chi connectivity index (χ1) is 11.1. The zero-order chi connectivity index (χ0) is 16.4. The van der Waals surface area contributed by atoms with Gasteiger partial charge in [0.1, 0.15) is 5.69 Å². The largest absolute Gasteiger partial charge is 0.344 e. The molecule has 0 radical (unpaired) electrons. The van der Waals surface area contributed by atoms with E-state index in [2.05, 4.69) is 17.6 Å². The number of para-hydroxylation sites is 1. The number of allylic oxidation sites excluding steroid dienone is 1. The Kier molecular flexibility index (Phi) is 3.71. The summed E-state index contributed by atoms with van der Waals surface area (Å²) in [5.41, 5.74) is 1.36. The molecular formula is C19H17N3O. The third kappa shape index (κ3) is 2.31. The molecule has 1 aromatic carbocycles. The lowest BCUT2D eigenvalue weighted by Gasteiger charge is -2.25. The molecule has 0 saturated carbocycles. The van der Waals surface area contributed by atoms with E-state index in [1.54, 1.807) is 12.3 Å². The summed E-state index contributed by atoms with van der Waals surface area (Å²) in [6.07, 6.45) is 2.00. The number of hydrogen-bond donors (Lipinski definition) is 0. The fourth-order valence-corrected chi connectivity index (χ4v) is 3.02. The van der Waals surface area contributed by atoms with Gasteiger partial charge in [0.05, 0.1) is 6.07 Å². The normalized spacial score (nSPS) is 20.3. The van der Waals surface area contributed by atoms with Gasteiger partial charge in [-0.05, 0) is 37.1 Å². The number of carbonyl (C=O) groups is 1. The molecule has 0 aliphatic carbocycles. The number of Topliss-reactive ketones (excluding diaryl/α,β-unsaturated/α-hetero) is 1. The first kappa shape index (κ1) is 15.0. The van der Waals surface area contributed by atoms with E-state index in [0.29, 0.717) is 24.4 Å². The highest BCUT2D eigenvalue weighted by atomic mass is 16.1. The van der Waals surface area contributed by atoms with E-state index in [4.69, 9.17) is 0 Å². The van der Waals surface area contributed by atoms with Crippen LogP contribution in [0, 0.1) is 23.7 Å². The third-order valence-corrected chi connectivity index (χ3v) is 4.40. The molecule has 1 aliphatic heterocycles. The van der Waals surface area contributed by atoms with Crippen molar-refractivity contribution in [2.45, 2.75) is 13.3 Å². The number of aromatic nitrogens is 1. The Bertz CT molecular complexity index is 807. The van der Waals surface area contributed by atoms with Crippen LogP contribution in [0.3, 0.4) is 0 Å². The van der Waals surface area contributed by atoms with Crippen molar-refractivity contribution in [1.29, 1.82) is 5.26 Å². The second-order valence-corrected chi connectivity index (χ2v) is 5.70. The average molecular weight is 303 g/mol. The number of carbonyl (C=O) groups excluding carboxylic acids is 1. The summed E-state index contributed by atoms with van der Waals surface area (Å²) in [6.45, 7) is 6.49. The van der Waals surface area contributed by atoms with Crippen LogP contribution in [0.2, 0.25) is 0 Å². The summed E-state index contributed by atoms with van der Waals surface area (Å²) in [7, 11) is 0.